The van der Waals surface area contributed by atoms with E-state index in [1.54, 1.807) is 60.7 Å². The molecule has 0 saturated heterocycles. The van der Waals surface area contributed by atoms with Crippen LogP contribution in [0.5, 0.6) is 23.0 Å². The molecule has 0 aliphatic carbocycles. The predicted molar refractivity (Wildman–Crippen MR) is 127 cm³/mol. The number of carbonyl (C=O) groups excluding carboxylic acids is 1. The van der Waals surface area contributed by atoms with Crippen molar-refractivity contribution >= 4 is 32.9 Å². The van der Waals surface area contributed by atoms with Crippen LogP contribution in [0.25, 0.3) is 22.3 Å². The Morgan fingerprint density at radius 2 is 1.55 bits per heavy atom. The fourth-order valence-electron chi connectivity index (χ4n) is 3.42. The molecule has 0 fully saturated rings. The molecule has 1 aromatic heterocycles. The number of para-hydroxylation sites is 2. The average molecular weight is 511 g/mol. The van der Waals surface area contributed by atoms with E-state index in [1.807, 2.05) is 0 Å². The normalized spacial score (nSPS) is 10.7. The molecule has 0 amide bonds. The molecule has 0 aliphatic rings. The number of carbonyl (C=O) groups is 1. The van der Waals surface area contributed by atoms with Gasteiger partial charge in [-0.15, -0.1) is 0 Å². The highest BCUT2D eigenvalue weighted by molar-refractivity contribution is 9.10. The monoisotopic (exact) mass is 510 g/mol. The third-order valence-electron chi connectivity index (χ3n) is 4.97. The van der Waals surface area contributed by atoms with Crippen molar-refractivity contribution in [3.05, 3.63) is 80.9 Å². The summed E-state index contributed by atoms with van der Waals surface area (Å²) in [6.07, 6.45) is 0. The Labute approximate surface area is 197 Å². The molecule has 0 radical (unpaired) electrons. The lowest BCUT2D eigenvalue weighted by Crippen LogP contribution is -2.17. The second-order valence-corrected chi connectivity index (χ2v) is 7.72. The molecule has 4 aromatic rings. The van der Waals surface area contributed by atoms with Crippen molar-refractivity contribution in [2.24, 2.45) is 0 Å². The average Bonchev–Trinajstić information content (AvgIpc) is 2.84. The number of esters is 1. The van der Waals surface area contributed by atoms with E-state index in [0.717, 1.165) is 0 Å². The fourth-order valence-corrected chi connectivity index (χ4v) is 4.02. The molecule has 4 rings (SSSR count). The lowest BCUT2D eigenvalue weighted by atomic mass is 10.1. The molecule has 0 unspecified atom stereocenters. The molecule has 0 saturated carbocycles. The van der Waals surface area contributed by atoms with Gasteiger partial charge in [0.05, 0.1) is 31.2 Å². The maximum atomic E-state index is 13.4. The maximum absolute atomic E-state index is 13.4. The van der Waals surface area contributed by atoms with Gasteiger partial charge in [0.25, 0.3) is 0 Å². The molecule has 3 aromatic carbocycles. The van der Waals surface area contributed by atoms with E-state index in [-0.39, 0.29) is 22.5 Å². The predicted octanol–water partition coefficient (Wildman–Crippen LogP) is 5.47. The van der Waals surface area contributed by atoms with Gasteiger partial charge in [-0.2, -0.15) is 0 Å². The molecule has 0 bridgehead atoms. The summed E-state index contributed by atoms with van der Waals surface area (Å²) in [4.78, 5) is 26.4. The van der Waals surface area contributed by atoms with E-state index in [1.165, 1.54) is 21.3 Å². The smallest absolute Gasteiger partial charge is 0.347 e. The van der Waals surface area contributed by atoms with Crippen molar-refractivity contribution in [2.45, 2.75) is 0 Å². The molecule has 1 heterocycles. The highest BCUT2D eigenvalue weighted by Gasteiger charge is 2.24. The van der Waals surface area contributed by atoms with Gasteiger partial charge in [-0.25, -0.2) is 4.79 Å². The number of methoxy groups -OCH3 is 3. The van der Waals surface area contributed by atoms with Crippen LogP contribution in [-0.2, 0) is 0 Å². The Hall–Kier alpha value is -3.78. The Bertz CT molecular complexity index is 1410. The van der Waals surface area contributed by atoms with Crippen LogP contribution < -0.4 is 24.4 Å². The number of benzene rings is 3. The molecule has 33 heavy (non-hydrogen) atoms. The van der Waals surface area contributed by atoms with E-state index in [4.69, 9.17) is 23.4 Å². The zero-order valence-corrected chi connectivity index (χ0v) is 19.6. The minimum absolute atomic E-state index is 0.0728. The zero-order valence-electron chi connectivity index (χ0n) is 18.0. The van der Waals surface area contributed by atoms with Gasteiger partial charge in [-0.05, 0) is 52.3 Å². The molecule has 0 spiro atoms. The summed E-state index contributed by atoms with van der Waals surface area (Å²) in [6.45, 7) is 0. The van der Waals surface area contributed by atoms with Crippen molar-refractivity contribution in [1.82, 2.24) is 0 Å². The van der Waals surface area contributed by atoms with E-state index in [2.05, 4.69) is 15.9 Å². The van der Waals surface area contributed by atoms with E-state index in [9.17, 15) is 9.59 Å². The quantitative estimate of drug-likeness (QED) is 0.318. The summed E-state index contributed by atoms with van der Waals surface area (Å²) in [5, 5.41) is 0.281. The number of hydrogen-bond donors (Lipinski definition) is 0. The third-order valence-corrected chi connectivity index (χ3v) is 5.56. The van der Waals surface area contributed by atoms with Gasteiger partial charge in [0.2, 0.25) is 11.2 Å². The van der Waals surface area contributed by atoms with Crippen LogP contribution in [0.4, 0.5) is 0 Å². The van der Waals surface area contributed by atoms with Crippen LogP contribution >= 0.6 is 15.9 Å². The number of ether oxygens (including phenoxy) is 4. The minimum atomic E-state index is -0.754. The van der Waals surface area contributed by atoms with Crippen LogP contribution in [-0.4, -0.2) is 27.3 Å². The highest BCUT2D eigenvalue weighted by atomic mass is 79.9. The topological polar surface area (TPSA) is 84.2 Å². The molecule has 0 atom stereocenters. The van der Waals surface area contributed by atoms with Crippen LogP contribution in [0.15, 0.2) is 74.3 Å². The van der Waals surface area contributed by atoms with E-state index in [0.29, 0.717) is 32.9 Å². The summed E-state index contributed by atoms with van der Waals surface area (Å²) in [5.41, 5.74) is 0.485. The van der Waals surface area contributed by atoms with Crippen LogP contribution in [0.3, 0.4) is 0 Å². The van der Waals surface area contributed by atoms with Crippen molar-refractivity contribution in [3.8, 4) is 34.3 Å². The summed E-state index contributed by atoms with van der Waals surface area (Å²) >= 11 is 3.45. The highest BCUT2D eigenvalue weighted by Crippen LogP contribution is 2.42. The summed E-state index contributed by atoms with van der Waals surface area (Å²) in [6, 6.07) is 16.6. The van der Waals surface area contributed by atoms with Crippen LogP contribution in [0.2, 0.25) is 0 Å². The molecule has 0 aliphatic heterocycles. The second-order valence-electron chi connectivity index (χ2n) is 6.87. The minimum Gasteiger partial charge on any atom is -0.496 e. The Balaban J connectivity index is 1.94. The summed E-state index contributed by atoms with van der Waals surface area (Å²) in [7, 11) is 4.45. The Morgan fingerprint density at radius 3 is 2.27 bits per heavy atom. The van der Waals surface area contributed by atoms with Gasteiger partial charge >= 0.3 is 5.97 Å². The first-order valence-corrected chi connectivity index (χ1v) is 10.6. The molecule has 7 nitrogen and oxygen atoms in total. The first-order valence-electron chi connectivity index (χ1n) is 9.81. The molecule has 168 valence electrons. The van der Waals surface area contributed by atoms with Crippen molar-refractivity contribution in [2.75, 3.05) is 21.3 Å². The number of fused-ring (bicyclic) bond motifs is 1. The van der Waals surface area contributed by atoms with Gasteiger partial charge in [0.1, 0.15) is 16.9 Å². The van der Waals surface area contributed by atoms with Crippen molar-refractivity contribution in [3.63, 3.8) is 0 Å². The first kappa shape index (κ1) is 22.4. The number of rotatable bonds is 6. The number of hydrogen-bond acceptors (Lipinski definition) is 7. The Kier molecular flexibility index (Phi) is 6.37. The second kappa shape index (κ2) is 9.38. The molecular weight excluding hydrogens is 492 g/mol. The SMILES string of the molecule is COc1ccccc1C(=O)Oc1c(-c2cc(Br)c(OC)c(OC)c2)oc2ccccc2c1=O. The first-order chi connectivity index (χ1) is 16.0. The van der Waals surface area contributed by atoms with Gasteiger partial charge in [0, 0.05) is 5.56 Å². The molecule has 8 heteroatoms. The van der Waals surface area contributed by atoms with Gasteiger partial charge < -0.3 is 23.4 Å². The fraction of sp³-hybridized carbons (Fsp3) is 0.120. The standard InChI is InChI=1S/C25H19BrO7/c1-29-18-10-6-5-9-16(18)25(28)33-24-21(27)15-8-4-7-11-19(15)32-22(24)14-12-17(26)23(31-3)20(13-14)30-2/h4-13H,1-3H3. The van der Waals surface area contributed by atoms with Gasteiger partial charge in [-0.1, -0.05) is 24.3 Å². The van der Waals surface area contributed by atoms with E-state index < -0.39 is 11.4 Å². The molecular formula is C25H19BrO7. The lowest BCUT2D eigenvalue weighted by Gasteiger charge is -2.14. The molecule has 0 N–H and O–H groups in total. The van der Waals surface area contributed by atoms with Crippen molar-refractivity contribution < 1.29 is 28.2 Å². The van der Waals surface area contributed by atoms with Crippen LogP contribution in [0.1, 0.15) is 10.4 Å². The van der Waals surface area contributed by atoms with Gasteiger partial charge in [0.15, 0.2) is 17.3 Å². The largest absolute Gasteiger partial charge is 0.496 e. The lowest BCUT2D eigenvalue weighted by molar-refractivity contribution is 0.0728. The van der Waals surface area contributed by atoms with E-state index >= 15 is 0 Å². The summed E-state index contributed by atoms with van der Waals surface area (Å²) in [5.74, 6) is 0.267. The maximum Gasteiger partial charge on any atom is 0.347 e. The van der Waals surface area contributed by atoms with Crippen molar-refractivity contribution in [1.29, 1.82) is 0 Å². The number of halogens is 1. The van der Waals surface area contributed by atoms with Crippen LogP contribution in [0, 0.1) is 0 Å². The third kappa shape index (κ3) is 4.17. The Morgan fingerprint density at radius 1 is 0.848 bits per heavy atom. The summed E-state index contributed by atoms with van der Waals surface area (Å²) < 4.78 is 28.3. The zero-order chi connectivity index (χ0) is 23.5. The van der Waals surface area contributed by atoms with Gasteiger partial charge in [-0.3, -0.25) is 4.79 Å².